The molecule has 1 rings (SSSR count). The van der Waals surface area contributed by atoms with Crippen LogP contribution in [-0.4, -0.2) is 12.4 Å². The minimum atomic E-state index is -6.54. The van der Waals surface area contributed by atoms with Crippen molar-refractivity contribution in [3.63, 3.8) is 0 Å². The second-order valence-corrected chi connectivity index (χ2v) is 5.17. The van der Waals surface area contributed by atoms with Crippen LogP contribution in [0.2, 0.25) is 5.02 Å². The summed E-state index contributed by atoms with van der Waals surface area (Å²) in [6.07, 6.45) is -18.4. The van der Waals surface area contributed by atoms with Gasteiger partial charge in [0.15, 0.2) is 0 Å². The summed E-state index contributed by atoms with van der Waals surface area (Å²) in [5.74, 6) is 0. The lowest BCUT2D eigenvalue weighted by Crippen LogP contribution is -2.50. The summed E-state index contributed by atoms with van der Waals surface area (Å²) in [4.78, 5) is 0. The highest BCUT2D eigenvalue weighted by molar-refractivity contribution is 9.10. The Morgan fingerprint density at radius 1 is 0.773 bits per heavy atom. The molecule has 0 spiro atoms. The molecule has 0 amide bonds. The molecule has 0 heterocycles. The zero-order valence-electron chi connectivity index (χ0n) is 9.69. The molecule has 1 aromatic rings. The van der Waals surface area contributed by atoms with E-state index in [2.05, 4.69) is 15.9 Å². The third-order valence-electron chi connectivity index (χ3n) is 2.51. The van der Waals surface area contributed by atoms with Crippen LogP contribution < -0.4 is 0 Å². The van der Waals surface area contributed by atoms with Crippen LogP contribution >= 0.6 is 27.5 Å². The van der Waals surface area contributed by atoms with Crippen LogP contribution in [-0.2, 0) is 11.8 Å². The fraction of sp³-hybridized carbons (Fsp3) is 0.400. The summed E-state index contributed by atoms with van der Waals surface area (Å²) in [5.41, 5.74) is -10.3. The summed E-state index contributed by atoms with van der Waals surface area (Å²) in [6, 6.07) is -0.751. The third-order valence-corrected chi connectivity index (χ3v) is 3.89. The molecular formula is C10H2BrClF10. The van der Waals surface area contributed by atoms with Crippen LogP contribution in [0.25, 0.3) is 0 Å². The van der Waals surface area contributed by atoms with Crippen LogP contribution in [0.1, 0.15) is 11.1 Å². The topological polar surface area (TPSA) is 0 Å². The Balaban J connectivity index is 3.78. The molecule has 0 bridgehead atoms. The van der Waals surface area contributed by atoms with Crippen LogP contribution in [0.15, 0.2) is 16.6 Å². The van der Waals surface area contributed by atoms with Crippen molar-refractivity contribution in [3.05, 3.63) is 32.8 Å². The summed E-state index contributed by atoms with van der Waals surface area (Å²) in [6.45, 7) is 0. The zero-order chi connectivity index (χ0) is 17.7. The molecule has 0 unspecified atom stereocenters. The van der Waals surface area contributed by atoms with Crippen LogP contribution in [0, 0.1) is 0 Å². The summed E-state index contributed by atoms with van der Waals surface area (Å²) < 4.78 is 126. The third kappa shape index (κ3) is 3.15. The first-order chi connectivity index (χ1) is 9.53. The van der Waals surface area contributed by atoms with E-state index in [0.717, 1.165) is 0 Å². The van der Waals surface area contributed by atoms with E-state index in [9.17, 15) is 43.9 Å². The molecule has 126 valence electrons. The smallest absolute Gasteiger partial charge is 0.218 e. The number of hydrogen-bond donors (Lipinski definition) is 0. The molecule has 0 aliphatic rings. The largest absolute Gasteiger partial charge is 0.435 e. The Morgan fingerprint density at radius 3 is 1.50 bits per heavy atom. The van der Waals surface area contributed by atoms with Gasteiger partial charge in [0.1, 0.15) is 0 Å². The first kappa shape index (κ1) is 19.3. The molecule has 0 nitrogen and oxygen atoms in total. The molecule has 0 atom stereocenters. The lowest BCUT2D eigenvalue weighted by Gasteiger charge is -2.31. The van der Waals surface area contributed by atoms with Gasteiger partial charge in [-0.05, 0) is 28.1 Å². The SMILES string of the molecule is FC(F)(F)c1cc(C(F)(C(F)(F)F)C(F)(F)F)cc(Cl)c1Br. The van der Waals surface area contributed by atoms with E-state index in [4.69, 9.17) is 11.6 Å². The quantitative estimate of drug-likeness (QED) is 0.454. The minimum Gasteiger partial charge on any atom is -0.218 e. The van der Waals surface area contributed by atoms with Gasteiger partial charge < -0.3 is 0 Å². The predicted octanol–water partition coefficient (Wildman–Crippen LogP) is 6.41. The average molecular weight is 427 g/mol. The van der Waals surface area contributed by atoms with E-state index < -0.39 is 50.9 Å². The maximum absolute atomic E-state index is 13.7. The molecule has 1 aromatic carbocycles. The van der Waals surface area contributed by atoms with Crippen molar-refractivity contribution in [3.8, 4) is 0 Å². The van der Waals surface area contributed by atoms with E-state index >= 15 is 0 Å². The standard InChI is InChI=1S/C10H2BrClF10/c11-6-4(8(14,15)16)1-3(2-5(6)12)7(13,9(17,18)19)10(20,21)22/h1-2H. The molecule has 0 aliphatic carbocycles. The molecule has 12 heteroatoms. The van der Waals surface area contributed by atoms with Gasteiger partial charge in [0.2, 0.25) is 0 Å². The first-order valence-corrected chi connectivity index (χ1v) is 6.09. The van der Waals surface area contributed by atoms with Crippen molar-refractivity contribution in [2.24, 2.45) is 0 Å². The molecule has 0 N–H and O–H groups in total. The van der Waals surface area contributed by atoms with Gasteiger partial charge in [0.05, 0.1) is 10.6 Å². The van der Waals surface area contributed by atoms with Gasteiger partial charge in [-0.1, -0.05) is 11.6 Å². The van der Waals surface area contributed by atoms with E-state index in [-0.39, 0.29) is 6.07 Å². The van der Waals surface area contributed by atoms with Crippen molar-refractivity contribution in [2.45, 2.75) is 24.2 Å². The summed E-state index contributed by atoms with van der Waals surface area (Å²) in [7, 11) is 0. The Hall–Kier alpha value is -0.710. The van der Waals surface area contributed by atoms with Gasteiger partial charge in [-0.3, -0.25) is 0 Å². The highest BCUT2D eigenvalue weighted by Crippen LogP contribution is 2.54. The van der Waals surface area contributed by atoms with Gasteiger partial charge in [-0.15, -0.1) is 0 Å². The maximum atomic E-state index is 13.7. The van der Waals surface area contributed by atoms with Gasteiger partial charge in [0.25, 0.3) is 0 Å². The molecule has 0 fully saturated rings. The minimum absolute atomic E-state index is 0.165. The van der Waals surface area contributed by atoms with Crippen molar-refractivity contribution < 1.29 is 43.9 Å². The number of benzene rings is 1. The second-order valence-electron chi connectivity index (χ2n) is 3.97. The van der Waals surface area contributed by atoms with Gasteiger partial charge >= 0.3 is 24.2 Å². The number of alkyl halides is 10. The highest BCUT2D eigenvalue weighted by atomic mass is 79.9. The Bertz CT molecular complexity index is 557. The number of rotatable bonds is 1. The lowest BCUT2D eigenvalue weighted by molar-refractivity contribution is -0.348. The van der Waals surface area contributed by atoms with Crippen molar-refractivity contribution >= 4 is 27.5 Å². The monoisotopic (exact) mass is 426 g/mol. The Labute approximate surface area is 129 Å². The Morgan fingerprint density at radius 2 is 1.18 bits per heavy atom. The highest BCUT2D eigenvalue weighted by Gasteiger charge is 2.73. The van der Waals surface area contributed by atoms with Crippen LogP contribution in [0.5, 0.6) is 0 Å². The summed E-state index contributed by atoms with van der Waals surface area (Å²) >= 11 is 7.46. The lowest BCUT2D eigenvalue weighted by atomic mass is 9.92. The molecular weight excluding hydrogens is 425 g/mol. The predicted molar refractivity (Wildman–Crippen MR) is 59.1 cm³/mol. The maximum Gasteiger partial charge on any atom is 0.435 e. The molecule has 22 heavy (non-hydrogen) atoms. The molecule has 0 aromatic heterocycles. The first-order valence-electron chi connectivity index (χ1n) is 4.92. The van der Waals surface area contributed by atoms with E-state index in [0.29, 0.717) is 0 Å². The van der Waals surface area contributed by atoms with Crippen LogP contribution in [0.3, 0.4) is 0 Å². The fourth-order valence-electron chi connectivity index (χ4n) is 1.48. The van der Waals surface area contributed by atoms with E-state index in [1.165, 1.54) is 0 Å². The number of hydrogen-bond acceptors (Lipinski definition) is 0. The molecule has 0 radical (unpaired) electrons. The van der Waals surface area contributed by atoms with Crippen molar-refractivity contribution in [2.75, 3.05) is 0 Å². The normalized spacial score (nSPS) is 14.4. The van der Waals surface area contributed by atoms with E-state index in [1.807, 2.05) is 0 Å². The number of halogens is 12. The van der Waals surface area contributed by atoms with E-state index in [1.54, 1.807) is 0 Å². The van der Waals surface area contributed by atoms with Gasteiger partial charge in [0, 0.05) is 10.0 Å². The van der Waals surface area contributed by atoms with Crippen LogP contribution in [0.4, 0.5) is 43.9 Å². The fourth-order valence-corrected chi connectivity index (χ4v) is 2.16. The second kappa shape index (κ2) is 5.43. The molecule has 0 saturated heterocycles. The van der Waals surface area contributed by atoms with Crippen molar-refractivity contribution in [1.29, 1.82) is 0 Å². The molecule has 0 saturated carbocycles. The molecule has 0 aliphatic heterocycles. The average Bonchev–Trinajstić information content (AvgIpc) is 2.26. The van der Waals surface area contributed by atoms with Crippen molar-refractivity contribution in [1.82, 2.24) is 0 Å². The Kier molecular flexibility index (Phi) is 4.77. The van der Waals surface area contributed by atoms with Gasteiger partial charge in [-0.2, -0.15) is 39.5 Å². The zero-order valence-corrected chi connectivity index (χ0v) is 12.0. The van der Waals surface area contributed by atoms with Gasteiger partial charge in [-0.25, -0.2) is 4.39 Å². The summed E-state index contributed by atoms with van der Waals surface area (Å²) in [5, 5.41) is -1.15.